The van der Waals surface area contributed by atoms with Crippen molar-refractivity contribution in [2.45, 2.75) is 37.8 Å². The number of guanidine groups is 1. The van der Waals surface area contributed by atoms with Gasteiger partial charge < -0.3 is 4.57 Å². The maximum absolute atomic E-state index is 13.1. The van der Waals surface area contributed by atoms with Crippen LogP contribution in [0, 0.1) is 6.42 Å². The van der Waals surface area contributed by atoms with E-state index in [1.165, 1.54) is 0 Å². The molecule has 1 aliphatic carbocycles. The maximum Gasteiger partial charge on any atom is 0.280 e. The number of aromatic nitrogens is 2. The first kappa shape index (κ1) is 15.6. The predicted octanol–water partition coefficient (Wildman–Crippen LogP) is 2.71. The smallest absolute Gasteiger partial charge is 0.280 e. The quantitative estimate of drug-likeness (QED) is 0.838. The van der Waals surface area contributed by atoms with E-state index in [-0.39, 0.29) is 11.4 Å². The van der Waals surface area contributed by atoms with E-state index >= 15 is 0 Å². The van der Waals surface area contributed by atoms with Gasteiger partial charge in [-0.05, 0) is 24.8 Å². The highest BCUT2D eigenvalue weighted by Crippen LogP contribution is 2.43. The highest BCUT2D eigenvalue weighted by molar-refractivity contribution is 6.18. The molecule has 3 heterocycles. The van der Waals surface area contributed by atoms with Crippen LogP contribution in [0.25, 0.3) is 0 Å². The van der Waals surface area contributed by atoms with E-state index < -0.39 is 0 Å². The van der Waals surface area contributed by atoms with Crippen LogP contribution in [0.3, 0.4) is 0 Å². The molecule has 1 atom stereocenters. The molecule has 1 saturated carbocycles. The van der Waals surface area contributed by atoms with Gasteiger partial charge >= 0.3 is 0 Å². The Hall–Kier alpha value is -2.63. The van der Waals surface area contributed by atoms with Gasteiger partial charge in [0.15, 0.2) is 11.5 Å². The molecule has 0 bridgehead atoms. The molecule has 1 unspecified atom stereocenters. The second-order valence-corrected chi connectivity index (χ2v) is 7.46. The lowest BCUT2D eigenvalue weighted by molar-refractivity contribution is 0.0853. The summed E-state index contributed by atoms with van der Waals surface area (Å²) in [5.74, 6) is 1.50. The number of fused-ring (bicyclic) bond motifs is 4. The van der Waals surface area contributed by atoms with Crippen molar-refractivity contribution in [1.82, 2.24) is 14.5 Å². The normalized spacial score (nSPS) is 21.0. The van der Waals surface area contributed by atoms with Crippen molar-refractivity contribution in [2.75, 3.05) is 18.5 Å². The monoisotopic (exact) mass is 348 g/mol. The van der Waals surface area contributed by atoms with Crippen molar-refractivity contribution in [1.29, 1.82) is 0 Å². The summed E-state index contributed by atoms with van der Waals surface area (Å²) in [6.45, 7) is 1.38. The van der Waals surface area contributed by atoms with Crippen LogP contribution in [0.1, 0.15) is 41.7 Å². The minimum atomic E-state index is -0.0524. The van der Waals surface area contributed by atoms with E-state index in [9.17, 15) is 4.79 Å². The van der Waals surface area contributed by atoms with Crippen LogP contribution in [0.15, 0.2) is 41.7 Å². The molecule has 0 saturated heterocycles. The van der Waals surface area contributed by atoms with Crippen molar-refractivity contribution >= 4 is 17.7 Å². The van der Waals surface area contributed by atoms with Gasteiger partial charge in [-0.2, -0.15) is 0 Å². The highest BCUT2D eigenvalue weighted by atomic mass is 16.2. The Kier molecular flexibility index (Phi) is 3.42. The molecule has 6 heteroatoms. The standard InChI is InChI=1S/C20H22N5O/c1-23-18(26)16-17(22-14-24(16)12-15-8-4-2-5-9-15)25-19(23)21-13-20(25)10-6-3-7-11-20/h2,4-6,8-9,14H,3,7,10-13H2,1H3. The minimum absolute atomic E-state index is 0.0275. The Morgan fingerprint density at radius 2 is 2.08 bits per heavy atom. The molecule has 1 radical (unpaired) electrons. The fraction of sp³-hybridized carbons (Fsp3) is 0.400. The fourth-order valence-corrected chi connectivity index (χ4v) is 4.45. The predicted molar refractivity (Wildman–Crippen MR) is 100 cm³/mol. The van der Waals surface area contributed by atoms with E-state index in [2.05, 4.69) is 28.4 Å². The number of amides is 1. The zero-order valence-electron chi connectivity index (χ0n) is 14.9. The summed E-state index contributed by atoms with van der Waals surface area (Å²) in [5, 5.41) is 0. The second-order valence-electron chi connectivity index (χ2n) is 7.46. The third-order valence-electron chi connectivity index (χ3n) is 5.80. The molecule has 3 aliphatic rings. The van der Waals surface area contributed by atoms with Gasteiger partial charge in [0.05, 0.1) is 18.4 Å². The molecule has 6 nitrogen and oxygen atoms in total. The lowest BCUT2D eigenvalue weighted by Crippen LogP contribution is -2.58. The Labute approximate surface area is 153 Å². The molecule has 1 aromatic heterocycles. The van der Waals surface area contributed by atoms with Crippen LogP contribution < -0.4 is 4.90 Å². The van der Waals surface area contributed by atoms with Crippen LogP contribution in [-0.4, -0.2) is 45.4 Å². The molecule has 1 fully saturated rings. The molecular formula is C20H22N5O. The average Bonchev–Trinajstić information content (AvgIpc) is 3.23. The Balaban J connectivity index is 1.59. The number of nitrogens with zero attached hydrogens (tertiary/aromatic N) is 5. The summed E-state index contributed by atoms with van der Waals surface area (Å²) >= 11 is 0. The van der Waals surface area contributed by atoms with Crippen LogP contribution in [0.4, 0.5) is 5.82 Å². The van der Waals surface area contributed by atoms with Crippen molar-refractivity contribution in [3.05, 3.63) is 54.3 Å². The average molecular weight is 348 g/mol. The topological polar surface area (TPSA) is 53.7 Å². The Bertz CT molecular complexity index is 879. The number of anilines is 1. The zero-order valence-corrected chi connectivity index (χ0v) is 14.9. The summed E-state index contributed by atoms with van der Waals surface area (Å²) in [6.07, 6.45) is 8.56. The summed E-state index contributed by atoms with van der Waals surface area (Å²) < 4.78 is 1.97. The lowest BCUT2D eigenvalue weighted by atomic mass is 9.81. The van der Waals surface area contributed by atoms with Gasteiger partial charge in [-0.1, -0.05) is 43.2 Å². The number of carbonyl (C=O) groups excluding carboxylic acids is 1. The van der Waals surface area contributed by atoms with Gasteiger partial charge in [0.25, 0.3) is 5.91 Å². The first-order chi connectivity index (χ1) is 12.7. The summed E-state index contributed by atoms with van der Waals surface area (Å²) in [5.41, 5.74) is 1.77. The van der Waals surface area contributed by atoms with Crippen molar-refractivity contribution in [2.24, 2.45) is 4.99 Å². The summed E-state index contributed by atoms with van der Waals surface area (Å²) in [7, 11) is 1.82. The molecule has 1 spiro atoms. The number of rotatable bonds is 2. The zero-order chi connectivity index (χ0) is 17.7. The number of benzene rings is 1. The Morgan fingerprint density at radius 1 is 1.23 bits per heavy atom. The SMILES string of the molecule is CN1C(=O)c2c(ncn2Cc2ccccc2)N2C1=NCC21C[CH]CCC1. The van der Waals surface area contributed by atoms with Crippen LogP contribution >= 0.6 is 0 Å². The number of hydrogen-bond donors (Lipinski definition) is 0. The molecule has 2 aliphatic heterocycles. The van der Waals surface area contributed by atoms with Gasteiger partial charge in [0.1, 0.15) is 0 Å². The van der Waals surface area contributed by atoms with Gasteiger partial charge in [0.2, 0.25) is 5.96 Å². The molecule has 133 valence electrons. The summed E-state index contributed by atoms with van der Waals surface area (Å²) in [6, 6.07) is 10.2. The van der Waals surface area contributed by atoms with E-state index in [0.29, 0.717) is 12.2 Å². The number of hydrogen-bond acceptors (Lipinski definition) is 4. The van der Waals surface area contributed by atoms with Crippen molar-refractivity contribution in [3.8, 4) is 0 Å². The van der Waals surface area contributed by atoms with Gasteiger partial charge in [-0.3, -0.25) is 14.6 Å². The molecule has 1 aromatic carbocycles. The molecule has 2 aromatic rings. The van der Waals surface area contributed by atoms with Crippen LogP contribution in [0.2, 0.25) is 0 Å². The lowest BCUT2D eigenvalue weighted by Gasteiger charge is -2.44. The minimum Gasteiger partial charge on any atom is -0.320 e. The van der Waals surface area contributed by atoms with Gasteiger partial charge in [-0.25, -0.2) is 9.98 Å². The maximum atomic E-state index is 13.1. The fourth-order valence-electron chi connectivity index (χ4n) is 4.45. The third-order valence-corrected chi connectivity index (χ3v) is 5.80. The molecule has 0 N–H and O–H groups in total. The van der Waals surface area contributed by atoms with E-state index in [1.807, 2.05) is 29.8 Å². The Morgan fingerprint density at radius 3 is 2.85 bits per heavy atom. The van der Waals surface area contributed by atoms with Crippen molar-refractivity contribution in [3.63, 3.8) is 0 Å². The van der Waals surface area contributed by atoms with Gasteiger partial charge in [0, 0.05) is 13.6 Å². The first-order valence-corrected chi connectivity index (χ1v) is 9.23. The second kappa shape index (κ2) is 5.69. The number of carbonyl (C=O) groups is 1. The molecular weight excluding hydrogens is 326 g/mol. The molecule has 26 heavy (non-hydrogen) atoms. The number of imidazole rings is 1. The van der Waals surface area contributed by atoms with Crippen LogP contribution in [-0.2, 0) is 6.54 Å². The van der Waals surface area contributed by atoms with E-state index in [4.69, 9.17) is 4.99 Å². The van der Waals surface area contributed by atoms with E-state index in [0.717, 1.165) is 49.6 Å². The van der Waals surface area contributed by atoms with Gasteiger partial charge in [-0.15, -0.1) is 0 Å². The number of aliphatic imine (C=N–C) groups is 1. The van der Waals surface area contributed by atoms with Crippen LogP contribution in [0.5, 0.6) is 0 Å². The largest absolute Gasteiger partial charge is 0.320 e. The van der Waals surface area contributed by atoms with E-state index in [1.54, 1.807) is 11.2 Å². The first-order valence-electron chi connectivity index (χ1n) is 9.23. The highest BCUT2D eigenvalue weighted by Gasteiger charge is 2.51. The van der Waals surface area contributed by atoms with Crippen molar-refractivity contribution < 1.29 is 4.79 Å². The molecule has 5 rings (SSSR count). The third kappa shape index (κ3) is 2.14. The molecule has 1 amide bonds. The summed E-state index contributed by atoms with van der Waals surface area (Å²) in [4.78, 5) is 26.4.